The number of nitrogens with one attached hydrogen (secondary N) is 4. The number of imidazole rings is 1. The van der Waals surface area contributed by atoms with Crippen molar-refractivity contribution in [1.29, 1.82) is 0 Å². The molecule has 2 aliphatic rings. The number of esters is 1. The van der Waals surface area contributed by atoms with E-state index in [1.54, 1.807) is 18.3 Å². The quantitative estimate of drug-likeness (QED) is 0.116. The minimum Gasteiger partial charge on any atom is -0.451 e. The van der Waals surface area contributed by atoms with Crippen molar-refractivity contribution in [2.24, 2.45) is 0 Å². The standard InChI is InChI=1S/C39H41F3N10O5/c1-23(53)47-29-18-30(33(32(29)54)57-36(55)39(40,41)42)52-22-46-31-34(44-20-28(24-10-4-2-5-11-24)25-12-6-3-7-13-25)49-37(50-35(31)52)51-17-15-27(21-51)48-38(56)45-19-26-14-8-9-16-43-26/h2-14,16,22,27-30,32-33,54H,15,17-21H2,1H3,(H,47,53)(H,44,49,50)(H2,45,48,56)/t27-,29+,30-,32-,33+/m1/s1. The zero-order chi connectivity index (χ0) is 40.1. The normalized spacial score (nSPS) is 20.7. The minimum atomic E-state index is -5.33. The van der Waals surface area contributed by atoms with Crippen LogP contribution in [0.3, 0.4) is 0 Å². The summed E-state index contributed by atoms with van der Waals surface area (Å²) in [5.74, 6) is -2.55. The van der Waals surface area contributed by atoms with E-state index in [1.165, 1.54) is 17.8 Å². The molecule has 298 valence electrons. The Kier molecular flexibility index (Phi) is 11.5. The van der Waals surface area contributed by atoms with Gasteiger partial charge in [0.2, 0.25) is 11.9 Å². The largest absolute Gasteiger partial charge is 0.490 e. The van der Waals surface area contributed by atoms with Crippen molar-refractivity contribution in [2.75, 3.05) is 29.9 Å². The molecular weight excluding hydrogens is 745 g/mol. The molecule has 3 aromatic heterocycles. The van der Waals surface area contributed by atoms with Gasteiger partial charge in [-0.15, -0.1) is 0 Å². The maximum absolute atomic E-state index is 13.5. The number of hydrogen-bond acceptors (Lipinski definition) is 11. The van der Waals surface area contributed by atoms with Crippen LogP contribution in [0.15, 0.2) is 91.4 Å². The number of ether oxygens (including phenoxy) is 1. The molecule has 2 fully saturated rings. The van der Waals surface area contributed by atoms with Gasteiger partial charge in [-0.3, -0.25) is 9.78 Å². The Morgan fingerprint density at radius 1 is 0.947 bits per heavy atom. The van der Waals surface area contributed by atoms with Crippen LogP contribution in [0.1, 0.15) is 48.5 Å². The van der Waals surface area contributed by atoms with Gasteiger partial charge in [-0.25, -0.2) is 14.6 Å². The van der Waals surface area contributed by atoms with Crippen LogP contribution in [0.2, 0.25) is 0 Å². The molecule has 1 aliphatic heterocycles. The highest BCUT2D eigenvalue weighted by Gasteiger charge is 2.51. The summed E-state index contributed by atoms with van der Waals surface area (Å²) in [6.07, 6.45) is -5.26. The van der Waals surface area contributed by atoms with Gasteiger partial charge in [0.25, 0.3) is 0 Å². The summed E-state index contributed by atoms with van der Waals surface area (Å²) in [4.78, 5) is 57.3. The highest BCUT2D eigenvalue weighted by molar-refractivity contribution is 5.85. The van der Waals surface area contributed by atoms with Crippen LogP contribution in [0.4, 0.5) is 29.7 Å². The lowest BCUT2D eigenvalue weighted by atomic mass is 9.91. The molecule has 1 aliphatic carbocycles. The molecule has 5 N–H and O–H groups in total. The van der Waals surface area contributed by atoms with E-state index in [4.69, 9.17) is 14.7 Å². The molecule has 0 radical (unpaired) electrons. The molecule has 1 saturated carbocycles. The molecule has 18 heteroatoms. The molecular formula is C39H41F3N10O5. The fraction of sp³-hybridized carbons (Fsp3) is 0.359. The first kappa shape index (κ1) is 39.0. The van der Waals surface area contributed by atoms with Gasteiger partial charge in [-0.2, -0.15) is 23.1 Å². The van der Waals surface area contributed by atoms with E-state index in [0.717, 1.165) is 11.1 Å². The average molecular weight is 787 g/mol. The predicted octanol–water partition coefficient (Wildman–Crippen LogP) is 3.83. The SMILES string of the molecule is CC(=O)N[C@H]1C[C@@H](n2cnc3c(NCC(c4ccccc4)c4ccccc4)nc(N4CC[C@@H](NC(=O)NCc5ccccn5)C4)nc32)[C@H](OC(=O)C(F)(F)F)[C@@H]1O. The van der Waals surface area contributed by atoms with Crippen molar-refractivity contribution in [3.8, 4) is 0 Å². The van der Waals surface area contributed by atoms with Crippen LogP contribution in [0.5, 0.6) is 0 Å². The molecule has 5 atom stereocenters. The molecule has 3 amide bonds. The highest BCUT2D eigenvalue weighted by Crippen LogP contribution is 2.38. The van der Waals surface area contributed by atoms with Crippen LogP contribution >= 0.6 is 0 Å². The van der Waals surface area contributed by atoms with Crippen LogP contribution in [0, 0.1) is 0 Å². The molecule has 4 heterocycles. The number of aliphatic hydroxyl groups excluding tert-OH is 1. The van der Waals surface area contributed by atoms with Crippen molar-refractivity contribution in [3.63, 3.8) is 0 Å². The number of urea groups is 1. The molecule has 0 spiro atoms. The van der Waals surface area contributed by atoms with E-state index < -0.39 is 42.3 Å². The van der Waals surface area contributed by atoms with Gasteiger partial charge in [-0.1, -0.05) is 66.7 Å². The van der Waals surface area contributed by atoms with Gasteiger partial charge in [-0.05, 0) is 36.1 Å². The lowest BCUT2D eigenvalue weighted by Gasteiger charge is -2.25. The number of anilines is 2. The monoisotopic (exact) mass is 786 g/mol. The lowest BCUT2D eigenvalue weighted by Crippen LogP contribution is -2.44. The third-order valence-corrected chi connectivity index (χ3v) is 10.1. The number of fused-ring (bicyclic) bond motifs is 1. The first-order chi connectivity index (χ1) is 27.4. The van der Waals surface area contributed by atoms with Crippen molar-refractivity contribution >= 4 is 40.8 Å². The van der Waals surface area contributed by atoms with Gasteiger partial charge in [0.05, 0.1) is 30.6 Å². The predicted molar refractivity (Wildman–Crippen MR) is 202 cm³/mol. The third kappa shape index (κ3) is 9.06. The maximum atomic E-state index is 13.5. The van der Waals surface area contributed by atoms with Crippen LogP contribution in [-0.2, 0) is 20.9 Å². The summed E-state index contributed by atoms with van der Waals surface area (Å²) >= 11 is 0. The van der Waals surface area contributed by atoms with Crippen LogP contribution in [-0.4, -0.2) is 97.6 Å². The Labute approximate surface area is 325 Å². The first-order valence-electron chi connectivity index (χ1n) is 18.4. The summed E-state index contributed by atoms with van der Waals surface area (Å²) in [5.41, 5.74) is 3.26. The Morgan fingerprint density at radius 2 is 1.65 bits per heavy atom. The fourth-order valence-corrected chi connectivity index (χ4v) is 7.39. The third-order valence-electron chi connectivity index (χ3n) is 10.1. The number of halogens is 3. The number of benzene rings is 2. The fourth-order valence-electron chi connectivity index (χ4n) is 7.39. The molecule has 2 aromatic carbocycles. The topological polar surface area (TPSA) is 189 Å². The molecule has 0 unspecified atom stereocenters. The second-order valence-corrected chi connectivity index (χ2v) is 14.0. The van der Waals surface area contributed by atoms with Crippen molar-refractivity contribution in [2.45, 2.75) is 68.7 Å². The van der Waals surface area contributed by atoms with Crippen LogP contribution < -0.4 is 26.2 Å². The highest BCUT2D eigenvalue weighted by atomic mass is 19.4. The van der Waals surface area contributed by atoms with Gasteiger partial charge in [0.1, 0.15) is 6.10 Å². The van der Waals surface area contributed by atoms with Crippen molar-refractivity contribution < 1.29 is 37.4 Å². The van der Waals surface area contributed by atoms with E-state index in [-0.39, 0.29) is 48.1 Å². The molecule has 1 saturated heterocycles. The smallest absolute Gasteiger partial charge is 0.451 e. The number of pyridine rings is 1. The minimum absolute atomic E-state index is 0.0997. The lowest BCUT2D eigenvalue weighted by molar-refractivity contribution is -0.209. The maximum Gasteiger partial charge on any atom is 0.490 e. The molecule has 57 heavy (non-hydrogen) atoms. The Bertz CT molecular complexity index is 2140. The number of hydrogen-bond donors (Lipinski definition) is 5. The summed E-state index contributed by atoms with van der Waals surface area (Å²) in [7, 11) is 0. The van der Waals surface area contributed by atoms with Gasteiger partial charge < -0.3 is 40.6 Å². The van der Waals surface area contributed by atoms with Crippen molar-refractivity contribution in [3.05, 3.63) is 108 Å². The van der Waals surface area contributed by atoms with E-state index in [2.05, 4.69) is 31.2 Å². The number of aromatic nitrogens is 5. The van der Waals surface area contributed by atoms with E-state index in [9.17, 15) is 32.7 Å². The second-order valence-electron chi connectivity index (χ2n) is 14.0. The summed E-state index contributed by atoms with van der Waals surface area (Å²) < 4.78 is 46.7. The Hall–Kier alpha value is -6.30. The Balaban J connectivity index is 1.21. The second kappa shape index (κ2) is 16.8. The zero-order valence-electron chi connectivity index (χ0n) is 30.8. The number of rotatable bonds is 12. The number of nitrogens with zero attached hydrogens (tertiary/aromatic N) is 6. The molecule has 15 nitrogen and oxygen atoms in total. The van der Waals surface area contributed by atoms with Gasteiger partial charge >= 0.3 is 18.2 Å². The number of carbonyl (C=O) groups is 3. The van der Waals surface area contributed by atoms with E-state index in [0.29, 0.717) is 37.6 Å². The number of amides is 3. The van der Waals surface area contributed by atoms with Crippen molar-refractivity contribution in [1.82, 2.24) is 40.5 Å². The number of aliphatic hydroxyl groups is 1. The van der Waals surface area contributed by atoms with Crippen LogP contribution in [0.25, 0.3) is 11.2 Å². The molecule has 5 aromatic rings. The average Bonchev–Trinajstić information content (AvgIpc) is 3.92. The number of alkyl halides is 3. The summed E-state index contributed by atoms with van der Waals surface area (Å²) in [6, 6.07) is 22.4. The van der Waals surface area contributed by atoms with E-state index >= 15 is 0 Å². The summed E-state index contributed by atoms with van der Waals surface area (Å²) in [6.45, 7) is 2.62. The summed E-state index contributed by atoms with van der Waals surface area (Å²) in [5, 5.41) is 22.9. The van der Waals surface area contributed by atoms with Gasteiger partial charge in [0, 0.05) is 44.7 Å². The number of carbonyl (C=O) groups excluding carboxylic acids is 3. The van der Waals surface area contributed by atoms with E-state index in [1.807, 2.05) is 71.6 Å². The molecule has 0 bridgehead atoms. The Morgan fingerprint density at radius 3 is 2.30 bits per heavy atom. The molecule has 7 rings (SSSR count). The first-order valence-corrected chi connectivity index (χ1v) is 18.4. The zero-order valence-corrected chi connectivity index (χ0v) is 30.8. The van der Waals surface area contributed by atoms with Gasteiger partial charge in [0.15, 0.2) is 23.1 Å².